The van der Waals surface area contributed by atoms with Crippen LogP contribution in [0, 0.1) is 45.3 Å². The highest BCUT2D eigenvalue weighted by molar-refractivity contribution is 8.00. The van der Waals surface area contributed by atoms with Crippen LogP contribution in [0.1, 0.15) is 141 Å². The van der Waals surface area contributed by atoms with Crippen molar-refractivity contribution in [3.05, 3.63) is 117 Å². The minimum atomic E-state index is -0.460. The molecule has 0 unspecified atom stereocenters. The maximum absolute atomic E-state index is 15.0. The van der Waals surface area contributed by atoms with E-state index in [0.717, 1.165) is 51.4 Å². The van der Waals surface area contributed by atoms with E-state index in [1.54, 1.807) is 72.8 Å². The average molecular weight is 1060 g/mol. The summed E-state index contributed by atoms with van der Waals surface area (Å²) in [5.74, 6) is 1.08. The molecule has 6 aromatic rings. The first-order valence-corrected chi connectivity index (χ1v) is 27.9. The van der Waals surface area contributed by atoms with Crippen LogP contribution >= 0.6 is 47.0 Å². The van der Waals surface area contributed by atoms with E-state index in [0.29, 0.717) is 69.3 Å². The van der Waals surface area contributed by atoms with E-state index in [9.17, 15) is 19.2 Å². The number of nitriles is 4. The van der Waals surface area contributed by atoms with E-state index in [1.807, 2.05) is 0 Å². The topological polar surface area (TPSA) is 265 Å². The lowest BCUT2D eigenvalue weighted by molar-refractivity contribution is 0.0978. The second-order valence-corrected chi connectivity index (χ2v) is 21.0. The molecule has 0 bridgehead atoms. The van der Waals surface area contributed by atoms with Crippen molar-refractivity contribution < 1.29 is 19.2 Å². The van der Waals surface area contributed by atoms with Gasteiger partial charge < -0.3 is 10.6 Å². The Balaban J connectivity index is 1.23. The number of fused-ring (bicyclic) bond motifs is 4. The molecule has 370 valence electrons. The number of hydrogen-bond acceptors (Lipinski definition) is 20. The van der Waals surface area contributed by atoms with E-state index < -0.39 is 23.1 Å². The molecule has 4 aromatic carbocycles. The van der Waals surface area contributed by atoms with Crippen molar-refractivity contribution in [2.24, 2.45) is 0 Å². The predicted octanol–water partition coefficient (Wildman–Crippen LogP) is 11.9. The monoisotopic (exact) mass is 1050 g/mol. The summed E-state index contributed by atoms with van der Waals surface area (Å²) in [6.07, 6.45) is 7.72. The van der Waals surface area contributed by atoms with Gasteiger partial charge in [0.1, 0.15) is 0 Å². The van der Waals surface area contributed by atoms with E-state index >= 15 is 0 Å². The van der Waals surface area contributed by atoms with Gasteiger partial charge in [0.25, 0.3) is 0 Å². The molecule has 0 saturated carbocycles. The van der Waals surface area contributed by atoms with E-state index in [1.165, 1.54) is 47.0 Å². The number of thioether (sulfide) groups is 4. The molecule has 8 rings (SSSR count). The van der Waals surface area contributed by atoms with E-state index in [-0.39, 0.29) is 78.9 Å². The molecule has 0 fully saturated rings. The number of ketones is 4. The highest BCUT2D eigenvalue weighted by Gasteiger charge is 2.39. The molecule has 0 atom stereocenters. The molecule has 16 nitrogen and oxygen atoms in total. The zero-order chi connectivity index (χ0) is 51.8. The Morgan fingerprint density at radius 3 is 0.919 bits per heavy atom. The van der Waals surface area contributed by atoms with Crippen molar-refractivity contribution in [1.29, 1.82) is 21.0 Å². The van der Waals surface area contributed by atoms with Crippen molar-refractivity contribution >= 4 is 93.5 Å². The summed E-state index contributed by atoms with van der Waals surface area (Å²) >= 11 is 5.66. The van der Waals surface area contributed by atoms with Gasteiger partial charge in [-0.15, -0.1) is 0 Å². The number of carbonyl (C=O) groups excluding carboxylic acids is 4. The first-order chi connectivity index (χ1) is 36.2. The van der Waals surface area contributed by atoms with Gasteiger partial charge in [-0.3, -0.25) is 19.2 Å². The summed E-state index contributed by atoms with van der Waals surface area (Å²) in [6, 6.07) is 28.4. The Labute approximate surface area is 445 Å². The van der Waals surface area contributed by atoms with Crippen LogP contribution in [0.5, 0.6) is 0 Å². The minimum absolute atomic E-state index is 0.0271. The fourth-order valence-electron chi connectivity index (χ4n) is 8.27. The van der Waals surface area contributed by atoms with Gasteiger partial charge in [0, 0.05) is 82.1 Å². The van der Waals surface area contributed by atoms with Crippen LogP contribution in [-0.2, 0) is 0 Å². The molecule has 0 spiro atoms. The third-order valence-corrected chi connectivity index (χ3v) is 15.5. The van der Waals surface area contributed by atoms with Crippen LogP contribution in [0.25, 0.3) is 11.1 Å². The molecule has 2 heterocycles. The van der Waals surface area contributed by atoms with Crippen LogP contribution < -0.4 is 10.6 Å². The highest BCUT2D eigenvalue weighted by atomic mass is 32.2. The van der Waals surface area contributed by atoms with Crippen LogP contribution in [0.15, 0.2) is 93.4 Å². The van der Waals surface area contributed by atoms with Crippen LogP contribution in [0.4, 0.5) is 23.3 Å². The SMILES string of the molecule is N#CCCCCSc1nc(Nc2ccc(-c3ccc(Nc4nc(SCCCCC#N)nc(SCCCCC#N)n4)c4c3C(=O)c3ccccc3C4=O)c3c2C(=O)c2ccccc2C3=O)nc(SCCCCC#N)n1. The fraction of sp³-hybridized carbons (Fsp3) is 0.296. The van der Waals surface area contributed by atoms with Gasteiger partial charge in [0.2, 0.25) is 11.9 Å². The molecular formula is C54H46N12O4S4. The molecule has 20 heteroatoms. The number of aromatic nitrogens is 6. The molecule has 74 heavy (non-hydrogen) atoms. The number of anilines is 4. The van der Waals surface area contributed by atoms with Gasteiger partial charge in [0.05, 0.1) is 46.8 Å². The number of nitrogens with one attached hydrogen (secondary N) is 2. The smallest absolute Gasteiger partial charge is 0.232 e. The molecule has 2 N–H and O–H groups in total. The van der Waals surface area contributed by atoms with Gasteiger partial charge in [0.15, 0.2) is 43.8 Å². The van der Waals surface area contributed by atoms with Gasteiger partial charge in [-0.1, -0.05) is 108 Å². The predicted molar refractivity (Wildman–Crippen MR) is 285 cm³/mol. The zero-order valence-corrected chi connectivity index (χ0v) is 43.2. The third-order valence-electron chi connectivity index (χ3n) is 11.8. The summed E-state index contributed by atoms with van der Waals surface area (Å²) in [5, 5.41) is 44.4. The summed E-state index contributed by atoms with van der Waals surface area (Å²) < 4.78 is 0. The molecule has 0 saturated heterocycles. The standard InChI is InChI=1S/C54H46N12O4S4/c55-25-9-1-13-29-71-51-61-49(62-52(65-51)72-30-14-2-10-26-56)59-39-23-21-33(41-43(39)47(69)37-19-7-5-17-35(37)45(41)67)34-22-24-40(44-42(34)46(68)36-18-6-8-20-38(36)48(44)70)60-50-63-53(73-31-15-3-11-27-57)66-54(64-50)74-32-16-4-12-28-58/h5-8,17-24H,1-4,9-16,29-32H2,(H,59,61,62,65)(H,60,63,64,66). The Morgan fingerprint density at radius 2 is 0.635 bits per heavy atom. The minimum Gasteiger partial charge on any atom is -0.323 e. The van der Waals surface area contributed by atoms with Crippen molar-refractivity contribution in [1.82, 2.24) is 29.9 Å². The molecule has 2 aliphatic carbocycles. The second kappa shape index (κ2) is 26.0. The van der Waals surface area contributed by atoms with Crippen LogP contribution in [0.2, 0.25) is 0 Å². The summed E-state index contributed by atoms with van der Waals surface area (Å²) in [5.41, 5.74) is 1.87. The van der Waals surface area contributed by atoms with Gasteiger partial charge in [-0.25, -0.2) is 0 Å². The van der Waals surface area contributed by atoms with Crippen molar-refractivity contribution in [3.63, 3.8) is 0 Å². The summed E-state index contributed by atoms with van der Waals surface area (Å²) in [6.45, 7) is 0. The number of nitrogens with zero attached hydrogens (tertiary/aromatic N) is 10. The summed E-state index contributed by atoms with van der Waals surface area (Å²) in [7, 11) is 0. The first kappa shape index (κ1) is 52.9. The lowest BCUT2D eigenvalue weighted by Gasteiger charge is -2.26. The molecular weight excluding hydrogens is 1010 g/mol. The Morgan fingerprint density at radius 1 is 0.351 bits per heavy atom. The van der Waals surface area contributed by atoms with Gasteiger partial charge in [-0.2, -0.15) is 51.0 Å². The molecule has 0 radical (unpaired) electrons. The van der Waals surface area contributed by atoms with E-state index in [4.69, 9.17) is 41.0 Å². The van der Waals surface area contributed by atoms with Gasteiger partial charge >= 0.3 is 0 Å². The molecule has 2 aromatic heterocycles. The third kappa shape index (κ3) is 12.5. The number of carbonyl (C=O) groups is 4. The summed E-state index contributed by atoms with van der Waals surface area (Å²) in [4.78, 5) is 87.9. The average Bonchev–Trinajstić information content (AvgIpc) is 3.43. The quantitative estimate of drug-likeness (QED) is 0.0398. The second-order valence-electron chi connectivity index (χ2n) is 16.8. The number of benzene rings is 4. The van der Waals surface area contributed by atoms with E-state index in [2.05, 4.69) is 44.9 Å². The normalized spacial score (nSPS) is 12.1. The maximum Gasteiger partial charge on any atom is 0.232 e. The van der Waals surface area contributed by atoms with Crippen LogP contribution in [-0.4, -0.2) is 76.0 Å². The van der Waals surface area contributed by atoms with Crippen molar-refractivity contribution in [2.45, 2.75) is 97.7 Å². The first-order valence-electron chi connectivity index (χ1n) is 24.0. The zero-order valence-electron chi connectivity index (χ0n) is 40.0. The van der Waals surface area contributed by atoms with Crippen molar-refractivity contribution in [3.8, 4) is 35.4 Å². The number of unbranched alkanes of at least 4 members (excludes halogenated alkanes) is 8. The largest absolute Gasteiger partial charge is 0.323 e. The number of rotatable bonds is 25. The Bertz CT molecular complexity index is 3020. The highest BCUT2D eigenvalue weighted by Crippen LogP contribution is 2.44. The molecule has 0 aliphatic heterocycles. The Kier molecular flexibility index (Phi) is 18.5. The molecule has 0 amide bonds. The lowest BCUT2D eigenvalue weighted by Crippen LogP contribution is -2.25. The number of hydrogen-bond donors (Lipinski definition) is 2. The van der Waals surface area contributed by atoms with Crippen LogP contribution in [0.3, 0.4) is 0 Å². The van der Waals surface area contributed by atoms with Crippen molar-refractivity contribution in [2.75, 3.05) is 33.6 Å². The molecule has 2 aliphatic rings. The lowest BCUT2D eigenvalue weighted by atomic mass is 9.75. The maximum atomic E-state index is 15.0. The van der Waals surface area contributed by atoms with Gasteiger partial charge in [-0.05, 0) is 74.6 Å². The fourth-order valence-corrected chi connectivity index (χ4v) is 11.7. The Hall–Kier alpha value is -7.46.